The van der Waals surface area contributed by atoms with E-state index in [0.717, 1.165) is 11.3 Å². The van der Waals surface area contributed by atoms with E-state index >= 15 is 0 Å². The third kappa shape index (κ3) is 5.46. The normalized spacial score (nSPS) is 11.7. The Hall–Kier alpha value is -2.71. The fraction of sp³-hybridized carbons (Fsp3) is 0.286. The molecule has 0 saturated heterocycles. The first-order valence-corrected chi connectivity index (χ1v) is 10.8. The molecule has 3 aromatic rings. The van der Waals surface area contributed by atoms with Crippen molar-refractivity contribution in [2.45, 2.75) is 37.4 Å². The monoisotopic (exact) mass is 446 g/mol. The molecule has 1 heterocycles. The molecule has 30 heavy (non-hydrogen) atoms. The van der Waals surface area contributed by atoms with Crippen LogP contribution in [0.1, 0.15) is 19.4 Å². The van der Waals surface area contributed by atoms with E-state index in [0.29, 0.717) is 34.2 Å². The molecule has 0 fully saturated rings. The molecule has 9 heteroatoms. The predicted molar refractivity (Wildman–Crippen MR) is 118 cm³/mol. The van der Waals surface area contributed by atoms with E-state index in [1.807, 2.05) is 35.8 Å². The zero-order valence-electron chi connectivity index (χ0n) is 17.0. The quantitative estimate of drug-likeness (QED) is 0.482. The number of nitrogens with one attached hydrogen (secondary N) is 1. The molecule has 1 atom stereocenters. The molecule has 0 radical (unpaired) electrons. The van der Waals surface area contributed by atoms with Gasteiger partial charge in [-0.05, 0) is 49.7 Å². The summed E-state index contributed by atoms with van der Waals surface area (Å²) in [6.07, 6.45) is -0.709. The molecule has 0 aliphatic rings. The number of hydrogen-bond acceptors (Lipinski definition) is 6. The fourth-order valence-corrected chi connectivity index (χ4v) is 3.94. The van der Waals surface area contributed by atoms with Crippen molar-refractivity contribution >= 4 is 35.2 Å². The number of aromatic nitrogens is 3. The first kappa shape index (κ1) is 22.0. The summed E-state index contributed by atoms with van der Waals surface area (Å²) in [5.74, 6) is 2.02. The van der Waals surface area contributed by atoms with Gasteiger partial charge in [-0.3, -0.25) is 14.7 Å². The number of methoxy groups -OCH3 is 1. The third-order valence-electron chi connectivity index (χ3n) is 4.32. The van der Waals surface area contributed by atoms with Crippen molar-refractivity contribution in [2.24, 2.45) is 0 Å². The zero-order chi connectivity index (χ0) is 21.5. The number of rotatable bonds is 9. The molecule has 1 N–H and O–H groups in total. The van der Waals surface area contributed by atoms with Crippen molar-refractivity contribution in [3.05, 3.63) is 59.1 Å². The van der Waals surface area contributed by atoms with Gasteiger partial charge in [-0.2, -0.15) is 0 Å². The first-order chi connectivity index (χ1) is 14.5. The number of halogens is 1. The van der Waals surface area contributed by atoms with Gasteiger partial charge < -0.3 is 9.47 Å². The highest BCUT2D eigenvalue weighted by molar-refractivity contribution is 7.98. The molecule has 2 aromatic carbocycles. The number of carbonyl (C=O) groups excluding carboxylic acids is 1. The number of benzene rings is 2. The molecule has 0 spiro atoms. The van der Waals surface area contributed by atoms with E-state index in [2.05, 4.69) is 15.5 Å². The molecule has 0 aliphatic heterocycles. The standard InChI is InChI=1S/C21H23ClN4O3S/c1-4-26-20(24-25-21(26)30-13-15-7-5-6-8-18(15)22)23-19(27)14(2)29-17-11-9-16(28-3)10-12-17/h5-12,14H,4,13H2,1-3H3,(H,23,24,27). The first-order valence-electron chi connectivity index (χ1n) is 9.42. The lowest BCUT2D eigenvalue weighted by molar-refractivity contribution is -0.122. The molecule has 158 valence electrons. The molecular weight excluding hydrogens is 424 g/mol. The van der Waals surface area contributed by atoms with Crippen LogP contribution in [0.4, 0.5) is 5.95 Å². The van der Waals surface area contributed by atoms with E-state index in [1.54, 1.807) is 38.3 Å². The minimum atomic E-state index is -0.709. The summed E-state index contributed by atoms with van der Waals surface area (Å²) in [4.78, 5) is 12.6. The van der Waals surface area contributed by atoms with Crippen LogP contribution in [0.2, 0.25) is 5.02 Å². The molecule has 0 aliphatic carbocycles. The van der Waals surface area contributed by atoms with Crippen molar-refractivity contribution in [2.75, 3.05) is 12.4 Å². The Labute approximate surface area is 184 Å². The van der Waals surface area contributed by atoms with Gasteiger partial charge in [0.1, 0.15) is 11.5 Å². The highest BCUT2D eigenvalue weighted by Gasteiger charge is 2.19. The maximum Gasteiger partial charge on any atom is 0.267 e. The molecule has 0 bridgehead atoms. The SMILES string of the molecule is CCn1c(NC(=O)C(C)Oc2ccc(OC)cc2)nnc1SCc1ccccc1Cl. The summed E-state index contributed by atoms with van der Waals surface area (Å²) >= 11 is 7.73. The van der Waals surface area contributed by atoms with Crippen LogP contribution in [0.5, 0.6) is 11.5 Å². The summed E-state index contributed by atoms with van der Waals surface area (Å²) in [7, 11) is 1.59. The van der Waals surface area contributed by atoms with E-state index in [9.17, 15) is 4.79 Å². The summed E-state index contributed by atoms with van der Waals surface area (Å²) in [6, 6.07) is 14.7. The molecule has 3 rings (SSSR count). The lowest BCUT2D eigenvalue weighted by Gasteiger charge is -2.15. The molecule has 1 aromatic heterocycles. The minimum Gasteiger partial charge on any atom is -0.497 e. The predicted octanol–water partition coefficient (Wildman–Crippen LogP) is 4.66. The van der Waals surface area contributed by atoms with Crippen LogP contribution in [-0.2, 0) is 17.1 Å². The summed E-state index contributed by atoms with van der Waals surface area (Å²) in [5.41, 5.74) is 1.02. The van der Waals surface area contributed by atoms with Crippen LogP contribution in [0.15, 0.2) is 53.7 Å². The molecule has 7 nitrogen and oxygen atoms in total. The van der Waals surface area contributed by atoms with Crippen molar-refractivity contribution in [3.63, 3.8) is 0 Å². The van der Waals surface area contributed by atoms with E-state index in [4.69, 9.17) is 21.1 Å². The average molecular weight is 447 g/mol. The summed E-state index contributed by atoms with van der Waals surface area (Å²) < 4.78 is 12.7. The van der Waals surface area contributed by atoms with Gasteiger partial charge in [0.2, 0.25) is 5.95 Å². The molecule has 1 amide bonds. The fourth-order valence-electron chi connectivity index (χ4n) is 2.65. The van der Waals surface area contributed by atoms with Crippen LogP contribution >= 0.6 is 23.4 Å². The number of ether oxygens (including phenoxy) is 2. The lowest BCUT2D eigenvalue weighted by atomic mass is 10.2. The summed E-state index contributed by atoms with van der Waals surface area (Å²) in [5, 5.41) is 12.6. The van der Waals surface area contributed by atoms with Crippen LogP contribution in [-0.4, -0.2) is 33.9 Å². The van der Waals surface area contributed by atoms with E-state index in [-0.39, 0.29) is 5.91 Å². The van der Waals surface area contributed by atoms with Crippen LogP contribution in [0, 0.1) is 0 Å². The Balaban J connectivity index is 1.62. The van der Waals surface area contributed by atoms with Crippen molar-refractivity contribution < 1.29 is 14.3 Å². The highest BCUT2D eigenvalue weighted by atomic mass is 35.5. The van der Waals surface area contributed by atoms with Gasteiger partial charge in [0, 0.05) is 17.3 Å². The van der Waals surface area contributed by atoms with Crippen molar-refractivity contribution in [3.8, 4) is 11.5 Å². The molecular formula is C21H23ClN4O3S. The summed E-state index contributed by atoms with van der Waals surface area (Å²) in [6.45, 7) is 4.26. The second kappa shape index (κ2) is 10.4. The Morgan fingerprint density at radius 1 is 1.17 bits per heavy atom. The zero-order valence-corrected chi connectivity index (χ0v) is 18.5. The molecule has 0 saturated carbocycles. The van der Waals surface area contributed by atoms with Gasteiger partial charge in [-0.25, -0.2) is 0 Å². The van der Waals surface area contributed by atoms with Crippen molar-refractivity contribution in [1.82, 2.24) is 14.8 Å². The van der Waals surface area contributed by atoms with E-state index in [1.165, 1.54) is 11.8 Å². The highest BCUT2D eigenvalue weighted by Crippen LogP contribution is 2.27. The minimum absolute atomic E-state index is 0.310. The van der Waals surface area contributed by atoms with Gasteiger partial charge in [0.15, 0.2) is 11.3 Å². The number of carbonyl (C=O) groups is 1. The number of hydrogen-bond donors (Lipinski definition) is 1. The number of thioether (sulfide) groups is 1. The largest absolute Gasteiger partial charge is 0.497 e. The van der Waals surface area contributed by atoms with Gasteiger partial charge in [-0.15, -0.1) is 10.2 Å². The van der Waals surface area contributed by atoms with Crippen LogP contribution in [0.3, 0.4) is 0 Å². The Morgan fingerprint density at radius 2 is 1.87 bits per heavy atom. The van der Waals surface area contributed by atoms with Crippen LogP contribution < -0.4 is 14.8 Å². The number of amides is 1. The number of anilines is 1. The Bertz CT molecular complexity index is 994. The maximum absolute atomic E-state index is 12.6. The lowest BCUT2D eigenvalue weighted by Crippen LogP contribution is -2.31. The van der Waals surface area contributed by atoms with Crippen LogP contribution in [0.25, 0.3) is 0 Å². The second-order valence-corrected chi connectivity index (χ2v) is 7.71. The second-order valence-electron chi connectivity index (χ2n) is 6.36. The van der Waals surface area contributed by atoms with Gasteiger partial charge in [0.05, 0.1) is 7.11 Å². The average Bonchev–Trinajstić information content (AvgIpc) is 3.15. The van der Waals surface area contributed by atoms with Gasteiger partial charge >= 0.3 is 0 Å². The van der Waals surface area contributed by atoms with Crippen molar-refractivity contribution in [1.29, 1.82) is 0 Å². The number of nitrogens with zero attached hydrogens (tertiary/aromatic N) is 3. The van der Waals surface area contributed by atoms with Gasteiger partial charge in [0.25, 0.3) is 5.91 Å². The van der Waals surface area contributed by atoms with Gasteiger partial charge in [-0.1, -0.05) is 41.6 Å². The van der Waals surface area contributed by atoms with E-state index < -0.39 is 6.10 Å². The smallest absolute Gasteiger partial charge is 0.267 e. The maximum atomic E-state index is 12.6. The third-order valence-corrected chi connectivity index (χ3v) is 5.71. The molecule has 1 unspecified atom stereocenters. The Morgan fingerprint density at radius 3 is 2.53 bits per heavy atom. The topological polar surface area (TPSA) is 78.3 Å². The Kier molecular flexibility index (Phi) is 7.59.